The number of hydrogen-bond acceptors (Lipinski definition) is 7. The van der Waals surface area contributed by atoms with Gasteiger partial charge in [-0.25, -0.2) is 0 Å². The average Bonchev–Trinajstić information content (AvgIpc) is 2.48. The quantitative estimate of drug-likeness (QED) is 0.372. The maximum Gasteiger partial charge on any atom is 0.269 e. The summed E-state index contributed by atoms with van der Waals surface area (Å²) in [5.41, 5.74) is 0.498. The van der Waals surface area contributed by atoms with E-state index in [4.69, 9.17) is 0 Å². The largest absolute Gasteiger partial charge is 0.396 e. The van der Waals surface area contributed by atoms with Crippen LogP contribution < -0.4 is 5.32 Å². The molecule has 116 valence electrons. The first-order valence-corrected chi connectivity index (χ1v) is 6.60. The fraction of sp³-hybridized carbons (Fsp3) is 0.538. The Balaban J connectivity index is 2.08. The number of nitrogens with zero attached hydrogens (tertiary/aromatic N) is 1. The van der Waals surface area contributed by atoms with E-state index in [0.29, 0.717) is 5.69 Å². The van der Waals surface area contributed by atoms with Crippen LogP contribution in [0, 0.1) is 16.0 Å². The Morgan fingerprint density at radius 3 is 2.29 bits per heavy atom. The van der Waals surface area contributed by atoms with Crippen LogP contribution in [0.3, 0.4) is 0 Å². The van der Waals surface area contributed by atoms with Gasteiger partial charge in [-0.15, -0.1) is 0 Å². The van der Waals surface area contributed by atoms with Gasteiger partial charge in [0.1, 0.15) is 12.2 Å². The van der Waals surface area contributed by atoms with E-state index in [0.717, 1.165) is 0 Å². The van der Waals surface area contributed by atoms with Crippen molar-refractivity contribution in [2.45, 2.75) is 30.8 Å². The van der Waals surface area contributed by atoms with E-state index in [-0.39, 0.29) is 18.7 Å². The minimum absolute atomic E-state index is 0.0477. The van der Waals surface area contributed by atoms with Gasteiger partial charge < -0.3 is 25.7 Å². The summed E-state index contributed by atoms with van der Waals surface area (Å²) in [4.78, 5) is 10.1. The van der Waals surface area contributed by atoms with E-state index in [9.17, 15) is 30.5 Å². The fourth-order valence-corrected chi connectivity index (χ4v) is 2.54. The lowest BCUT2D eigenvalue weighted by Crippen LogP contribution is -2.56. The Morgan fingerprint density at radius 1 is 1.14 bits per heavy atom. The van der Waals surface area contributed by atoms with Gasteiger partial charge in [0.05, 0.1) is 17.1 Å². The molecule has 5 atom stereocenters. The molecule has 1 saturated carbocycles. The number of nitrogens with one attached hydrogen (secondary N) is 1. The van der Waals surface area contributed by atoms with Crippen LogP contribution in [0.25, 0.3) is 0 Å². The SMILES string of the molecule is O=[N+]([O-])c1ccc(NC2C[C@H](CO)C(O)[C@H](O)C2O)cc1. The predicted molar refractivity (Wildman–Crippen MR) is 73.7 cm³/mol. The smallest absolute Gasteiger partial charge is 0.269 e. The summed E-state index contributed by atoms with van der Waals surface area (Å²) in [6.07, 6.45) is -3.46. The van der Waals surface area contributed by atoms with Crippen molar-refractivity contribution in [3.05, 3.63) is 34.4 Å². The lowest BCUT2D eigenvalue weighted by Gasteiger charge is -2.40. The van der Waals surface area contributed by atoms with Crippen molar-refractivity contribution in [2.24, 2.45) is 5.92 Å². The minimum Gasteiger partial charge on any atom is -0.396 e. The summed E-state index contributed by atoms with van der Waals surface area (Å²) in [7, 11) is 0. The summed E-state index contributed by atoms with van der Waals surface area (Å²) in [5, 5.41) is 52.2. The van der Waals surface area contributed by atoms with E-state index in [2.05, 4.69) is 5.32 Å². The van der Waals surface area contributed by atoms with Crippen molar-refractivity contribution in [2.75, 3.05) is 11.9 Å². The van der Waals surface area contributed by atoms with Crippen LogP contribution in [-0.2, 0) is 0 Å². The third-order valence-corrected chi connectivity index (χ3v) is 3.82. The summed E-state index contributed by atoms with van der Waals surface area (Å²) in [5.74, 6) is -0.543. The zero-order valence-corrected chi connectivity index (χ0v) is 11.2. The van der Waals surface area contributed by atoms with Gasteiger partial charge in [0, 0.05) is 30.3 Å². The second kappa shape index (κ2) is 6.35. The molecule has 8 heteroatoms. The standard InChI is InChI=1S/C13H18N2O6/c16-6-7-5-10(12(18)13(19)11(7)17)14-8-1-3-9(4-2-8)15(20)21/h1-4,7,10-14,16-19H,5-6H2/t7-,10?,11?,12?,13+/m1/s1. The predicted octanol–water partition coefficient (Wildman–Crippen LogP) is -0.530. The maximum absolute atomic E-state index is 10.6. The molecule has 0 aromatic heterocycles. The molecule has 0 aliphatic heterocycles. The molecule has 5 N–H and O–H groups in total. The molecule has 0 saturated heterocycles. The van der Waals surface area contributed by atoms with Crippen LogP contribution >= 0.6 is 0 Å². The van der Waals surface area contributed by atoms with E-state index >= 15 is 0 Å². The molecule has 1 aliphatic rings. The van der Waals surface area contributed by atoms with Crippen LogP contribution in [0.2, 0.25) is 0 Å². The molecule has 2 rings (SSSR count). The first kappa shape index (κ1) is 15.6. The minimum atomic E-state index is -1.36. The van der Waals surface area contributed by atoms with Gasteiger partial charge in [0.2, 0.25) is 0 Å². The Kier molecular flexibility index (Phi) is 4.73. The van der Waals surface area contributed by atoms with Crippen molar-refractivity contribution in [3.63, 3.8) is 0 Å². The van der Waals surface area contributed by atoms with Crippen molar-refractivity contribution in [3.8, 4) is 0 Å². The number of aliphatic hydroxyl groups is 4. The average molecular weight is 298 g/mol. The van der Waals surface area contributed by atoms with Gasteiger partial charge in [-0.3, -0.25) is 10.1 Å². The third-order valence-electron chi connectivity index (χ3n) is 3.82. The maximum atomic E-state index is 10.6. The topological polar surface area (TPSA) is 136 Å². The van der Waals surface area contributed by atoms with Crippen LogP contribution in [0.4, 0.5) is 11.4 Å². The van der Waals surface area contributed by atoms with Crippen LogP contribution in [0.5, 0.6) is 0 Å². The summed E-state index contributed by atoms with van der Waals surface area (Å²) in [6.45, 7) is -0.302. The van der Waals surface area contributed by atoms with Crippen molar-refractivity contribution < 1.29 is 25.3 Å². The monoisotopic (exact) mass is 298 g/mol. The second-order valence-electron chi connectivity index (χ2n) is 5.20. The van der Waals surface area contributed by atoms with Crippen molar-refractivity contribution >= 4 is 11.4 Å². The van der Waals surface area contributed by atoms with E-state index < -0.39 is 35.2 Å². The Morgan fingerprint density at radius 2 is 1.76 bits per heavy atom. The number of aliphatic hydroxyl groups excluding tert-OH is 4. The summed E-state index contributed by atoms with van der Waals surface area (Å²) in [6, 6.07) is 5.08. The molecular formula is C13H18N2O6. The molecule has 0 bridgehead atoms. The molecule has 1 aromatic carbocycles. The van der Waals surface area contributed by atoms with E-state index in [1.807, 2.05) is 0 Å². The molecule has 0 heterocycles. The Bertz CT molecular complexity index is 492. The molecule has 1 aromatic rings. The van der Waals surface area contributed by atoms with Crippen LogP contribution in [0.15, 0.2) is 24.3 Å². The Labute approximate surface area is 120 Å². The molecule has 1 aliphatic carbocycles. The first-order valence-electron chi connectivity index (χ1n) is 6.60. The molecule has 0 spiro atoms. The van der Waals surface area contributed by atoms with E-state index in [1.54, 1.807) is 0 Å². The molecule has 8 nitrogen and oxygen atoms in total. The number of non-ortho nitro benzene ring substituents is 1. The Hall–Kier alpha value is -1.74. The highest BCUT2D eigenvalue weighted by atomic mass is 16.6. The number of nitro benzene ring substituents is 1. The number of hydrogen-bond donors (Lipinski definition) is 5. The highest BCUT2D eigenvalue weighted by Crippen LogP contribution is 2.28. The van der Waals surface area contributed by atoms with Gasteiger partial charge in [0.15, 0.2) is 0 Å². The lowest BCUT2D eigenvalue weighted by atomic mass is 9.79. The van der Waals surface area contributed by atoms with Gasteiger partial charge in [-0.1, -0.05) is 0 Å². The van der Waals surface area contributed by atoms with Gasteiger partial charge in [0.25, 0.3) is 5.69 Å². The van der Waals surface area contributed by atoms with Gasteiger partial charge in [-0.05, 0) is 18.6 Å². The number of benzene rings is 1. The first-order chi connectivity index (χ1) is 9.93. The highest BCUT2D eigenvalue weighted by Gasteiger charge is 2.42. The normalized spacial score (nSPS) is 32.7. The highest BCUT2D eigenvalue weighted by molar-refractivity contribution is 5.49. The van der Waals surface area contributed by atoms with Crippen LogP contribution in [0.1, 0.15) is 6.42 Å². The zero-order valence-electron chi connectivity index (χ0n) is 11.2. The lowest BCUT2D eigenvalue weighted by molar-refractivity contribution is -0.384. The molecule has 0 radical (unpaired) electrons. The van der Waals surface area contributed by atoms with Crippen molar-refractivity contribution in [1.29, 1.82) is 0 Å². The number of rotatable bonds is 4. The summed E-state index contributed by atoms with van der Waals surface area (Å²) >= 11 is 0. The van der Waals surface area contributed by atoms with Gasteiger partial charge >= 0.3 is 0 Å². The molecule has 1 fully saturated rings. The zero-order chi connectivity index (χ0) is 15.6. The fourth-order valence-electron chi connectivity index (χ4n) is 2.54. The number of anilines is 1. The third kappa shape index (κ3) is 3.30. The molecule has 3 unspecified atom stereocenters. The second-order valence-corrected chi connectivity index (χ2v) is 5.20. The van der Waals surface area contributed by atoms with Crippen molar-refractivity contribution in [1.82, 2.24) is 0 Å². The number of nitro groups is 1. The molecule has 21 heavy (non-hydrogen) atoms. The molecular weight excluding hydrogens is 280 g/mol. The summed E-state index contributed by atoms with van der Waals surface area (Å²) < 4.78 is 0. The van der Waals surface area contributed by atoms with E-state index in [1.165, 1.54) is 24.3 Å². The van der Waals surface area contributed by atoms with Gasteiger partial charge in [-0.2, -0.15) is 0 Å². The molecule has 0 amide bonds. The van der Waals surface area contributed by atoms with Crippen LogP contribution in [-0.4, -0.2) is 56.3 Å².